The monoisotopic (exact) mass is 262 g/mol. The fourth-order valence-corrected chi connectivity index (χ4v) is 0.235. The Morgan fingerprint density at radius 2 is 1.56 bits per heavy atom. The van der Waals surface area contributed by atoms with E-state index >= 15 is 0 Å². The zero-order valence-electron chi connectivity index (χ0n) is 9.37. The molecule has 1 saturated heterocycles. The summed E-state index contributed by atoms with van der Waals surface area (Å²) >= 11 is 0. The van der Waals surface area contributed by atoms with Gasteiger partial charge in [-0.25, -0.2) is 0 Å². The molecule has 1 rings (SSSR count). The Hall–Kier alpha value is 0.510. The standard InChI is InChI=1S/C6H10O.C2H4O.Na.H3O4P/c1-3-5-7-6-4-2;1-2-3-1;;1-5(2,3)4/h3-4H,1-2,5-6H2;1-2H2;;(H3,1,2,3,4)/q;;+1;/p-1. The van der Waals surface area contributed by atoms with E-state index < -0.39 is 7.82 Å². The average Bonchev–Trinajstić information content (AvgIpc) is 2.87. The Kier molecular flexibility index (Phi) is 21.1. The van der Waals surface area contributed by atoms with E-state index in [0.29, 0.717) is 13.2 Å². The van der Waals surface area contributed by atoms with E-state index in [9.17, 15) is 0 Å². The van der Waals surface area contributed by atoms with Crippen molar-refractivity contribution in [3.05, 3.63) is 25.3 Å². The van der Waals surface area contributed by atoms with E-state index in [4.69, 9.17) is 24.0 Å². The molecule has 0 aliphatic carbocycles. The molecule has 6 nitrogen and oxygen atoms in total. The van der Waals surface area contributed by atoms with Gasteiger partial charge in [-0.15, -0.1) is 13.2 Å². The Labute approximate surface area is 117 Å². The molecule has 0 spiro atoms. The van der Waals surface area contributed by atoms with Crippen molar-refractivity contribution in [1.82, 2.24) is 0 Å². The summed E-state index contributed by atoms with van der Waals surface area (Å²) in [5.41, 5.74) is 0. The van der Waals surface area contributed by atoms with Crippen molar-refractivity contribution in [3.8, 4) is 0 Å². The SMILES string of the molecule is C1CO1.C=CCOCC=C.O=P([O-])(O)O.[Na+]. The number of epoxide rings is 1. The quantitative estimate of drug-likeness (QED) is 0.182. The number of hydrogen-bond donors (Lipinski definition) is 2. The predicted octanol–water partition coefficient (Wildman–Crippen LogP) is -3.16. The fourth-order valence-electron chi connectivity index (χ4n) is 0.235. The minimum absolute atomic E-state index is 0. The molecule has 0 unspecified atom stereocenters. The van der Waals surface area contributed by atoms with Crippen LogP contribution in [0.15, 0.2) is 25.3 Å². The smallest absolute Gasteiger partial charge is 0.756 e. The van der Waals surface area contributed by atoms with Crippen LogP contribution in [-0.4, -0.2) is 36.2 Å². The third-order valence-corrected chi connectivity index (χ3v) is 0.676. The van der Waals surface area contributed by atoms with Crippen LogP contribution in [0.3, 0.4) is 0 Å². The zero-order chi connectivity index (χ0) is 12.2. The van der Waals surface area contributed by atoms with Crippen molar-refractivity contribution in [1.29, 1.82) is 0 Å². The van der Waals surface area contributed by atoms with Gasteiger partial charge in [-0.1, -0.05) is 12.2 Å². The van der Waals surface area contributed by atoms with E-state index in [1.165, 1.54) is 0 Å². The summed E-state index contributed by atoms with van der Waals surface area (Å²) in [5, 5.41) is 0. The van der Waals surface area contributed by atoms with Crippen LogP contribution in [0.4, 0.5) is 0 Å². The molecule has 16 heavy (non-hydrogen) atoms. The first-order valence-electron chi connectivity index (χ1n) is 4.05. The Bertz CT molecular complexity index is 184. The maximum atomic E-state index is 8.77. The molecule has 0 atom stereocenters. The maximum Gasteiger partial charge on any atom is 1.00 e. The molecular formula is C8H16NaO6P. The second-order valence-electron chi connectivity index (χ2n) is 2.22. The van der Waals surface area contributed by atoms with Gasteiger partial charge in [-0.3, -0.25) is 4.57 Å². The van der Waals surface area contributed by atoms with Crippen molar-refractivity contribution in [2.24, 2.45) is 0 Å². The molecule has 1 fully saturated rings. The predicted molar refractivity (Wildman–Crippen MR) is 54.1 cm³/mol. The number of hydrogen-bond acceptors (Lipinski definition) is 4. The van der Waals surface area contributed by atoms with Crippen LogP contribution >= 0.6 is 7.82 Å². The topological polar surface area (TPSA) is 102 Å². The van der Waals surface area contributed by atoms with Gasteiger partial charge in [-0.2, -0.15) is 0 Å². The molecule has 1 aliphatic rings. The van der Waals surface area contributed by atoms with Crippen LogP contribution in [0.1, 0.15) is 0 Å². The third kappa shape index (κ3) is 87.2. The molecule has 0 saturated carbocycles. The van der Waals surface area contributed by atoms with Gasteiger partial charge in [-0.05, 0) is 0 Å². The molecule has 0 aromatic heterocycles. The third-order valence-electron chi connectivity index (χ3n) is 0.676. The second kappa shape index (κ2) is 15.5. The largest absolute Gasteiger partial charge is 1.00 e. The van der Waals surface area contributed by atoms with E-state index in [0.717, 1.165) is 13.2 Å². The van der Waals surface area contributed by atoms with Gasteiger partial charge in [0.25, 0.3) is 7.82 Å². The van der Waals surface area contributed by atoms with Crippen LogP contribution in [0.2, 0.25) is 0 Å². The van der Waals surface area contributed by atoms with Gasteiger partial charge in [0.1, 0.15) is 0 Å². The van der Waals surface area contributed by atoms with Crippen molar-refractivity contribution in [2.75, 3.05) is 26.4 Å². The van der Waals surface area contributed by atoms with E-state index in [2.05, 4.69) is 17.9 Å². The summed E-state index contributed by atoms with van der Waals surface area (Å²) in [7, 11) is -4.89. The molecule has 90 valence electrons. The summed E-state index contributed by atoms with van der Waals surface area (Å²) in [6, 6.07) is 0. The molecule has 8 heteroatoms. The maximum absolute atomic E-state index is 8.77. The Morgan fingerprint density at radius 1 is 1.31 bits per heavy atom. The Balaban J connectivity index is -0.000000164. The van der Waals surface area contributed by atoms with Crippen molar-refractivity contribution < 1.29 is 58.3 Å². The number of rotatable bonds is 4. The summed E-state index contributed by atoms with van der Waals surface area (Å²) in [4.78, 5) is 22.9. The normalized spacial score (nSPS) is 11.7. The van der Waals surface area contributed by atoms with Crippen molar-refractivity contribution in [3.63, 3.8) is 0 Å². The average molecular weight is 262 g/mol. The molecular weight excluding hydrogens is 246 g/mol. The first-order valence-corrected chi connectivity index (χ1v) is 5.58. The van der Waals surface area contributed by atoms with Gasteiger partial charge < -0.3 is 24.2 Å². The summed E-state index contributed by atoms with van der Waals surface area (Å²) in [6.07, 6.45) is 3.42. The Morgan fingerprint density at radius 3 is 1.69 bits per heavy atom. The summed E-state index contributed by atoms with van der Waals surface area (Å²) in [5.74, 6) is 0. The fraction of sp³-hybridized carbons (Fsp3) is 0.500. The van der Waals surface area contributed by atoms with Gasteiger partial charge in [0.2, 0.25) is 0 Å². The molecule has 0 bridgehead atoms. The van der Waals surface area contributed by atoms with Gasteiger partial charge in [0, 0.05) is 0 Å². The van der Waals surface area contributed by atoms with Crippen LogP contribution in [0.25, 0.3) is 0 Å². The van der Waals surface area contributed by atoms with Crippen LogP contribution < -0.4 is 34.5 Å². The molecule has 1 aliphatic heterocycles. The molecule has 0 radical (unpaired) electrons. The van der Waals surface area contributed by atoms with Crippen LogP contribution in [-0.2, 0) is 14.0 Å². The van der Waals surface area contributed by atoms with Gasteiger partial charge >= 0.3 is 29.6 Å². The summed E-state index contributed by atoms with van der Waals surface area (Å²) in [6.45, 7) is 10.2. The summed E-state index contributed by atoms with van der Waals surface area (Å²) < 4.78 is 18.2. The van der Waals surface area contributed by atoms with Crippen molar-refractivity contribution in [2.45, 2.75) is 0 Å². The van der Waals surface area contributed by atoms with Gasteiger partial charge in [0.05, 0.1) is 26.4 Å². The first kappa shape index (κ1) is 21.8. The molecule has 1 heterocycles. The number of ether oxygens (including phenoxy) is 2. The minimum Gasteiger partial charge on any atom is -0.756 e. The van der Waals surface area contributed by atoms with Crippen LogP contribution in [0.5, 0.6) is 0 Å². The minimum atomic E-state index is -4.89. The number of phosphoric acid groups is 1. The van der Waals surface area contributed by atoms with E-state index in [-0.39, 0.29) is 29.6 Å². The molecule has 0 amide bonds. The molecule has 0 aromatic rings. The van der Waals surface area contributed by atoms with Gasteiger partial charge in [0.15, 0.2) is 0 Å². The first-order chi connectivity index (χ1) is 6.91. The molecule has 2 N–H and O–H groups in total. The van der Waals surface area contributed by atoms with E-state index in [1.54, 1.807) is 12.2 Å². The van der Waals surface area contributed by atoms with Crippen molar-refractivity contribution >= 4 is 7.82 Å². The second-order valence-corrected chi connectivity index (χ2v) is 3.20. The molecule has 0 aromatic carbocycles. The van der Waals surface area contributed by atoms with E-state index in [1.807, 2.05) is 0 Å². The zero-order valence-corrected chi connectivity index (χ0v) is 12.3. The van der Waals surface area contributed by atoms with Crippen LogP contribution in [0, 0.1) is 0 Å².